The molecule has 4 nitrogen and oxygen atoms in total. The van der Waals surface area contributed by atoms with E-state index in [0.29, 0.717) is 24.5 Å². The SMILES string of the molecule is C=C(C)C(=O)OCCCCCC(CC)CC(=O)OC. The molecule has 0 aromatic heterocycles. The Morgan fingerprint density at radius 2 is 1.89 bits per heavy atom. The summed E-state index contributed by atoms with van der Waals surface area (Å²) in [6.07, 6.45) is 5.40. The molecule has 19 heavy (non-hydrogen) atoms. The van der Waals surface area contributed by atoms with Crippen LogP contribution in [0.15, 0.2) is 12.2 Å². The van der Waals surface area contributed by atoms with E-state index in [2.05, 4.69) is 18.2 Å². The highest BCUT2D eigenvalue weighted by atomic mass is 16.5. The van der Waals surface area contributed by atoms with Gasteiger partial charge in [0.25, 0.3) is 0 Å². The Kier molecular flexibility index (Phi) is 9.85. The van der Waals surface area contributed by atoms with Crippen molar-refractivity contribution in [2.45, 2.75) is 52.4 Å². The van der Waals surface area contributed by atoms with E-state index in [9.17, 15) is 9.59 Å². The van der Waals surface area contributed by atoms with E-state index in [-0.39, 0.29) is 11.9 Å². The van der Waals surface area contributed by atoms with Crippen LogP contribution >= 0.6 is 0 Å². The fourth-order valence-corrected chi connectivity index (χ4v) is 1.77. The number of methoxy groups -OCH3 is 1. The summed E-state index contributed by atoms with van der Waals surface area (Å²) in [4.78, 5) is 22.3. The minimum absolute atomic E-state index is 0.137. The number of esters is 2. The van der Waals surface area contributed by atoms with Gasteiger partial charge in [-0.05, 0) is 25.7 Å². The van der Waals surface area contributed by atoms with Gasteiger partial charge in [-0.25, -0.2) is 4.79 Å². The van der Waals surface area contributed by atoms with Crippen LogP contribution in [-0.2, 0) is 19.1 Å². The van der Waals surface area contributed by atoms with Crippen molar-refractivity contribution in [2.24, 2.45) is 5.92 Å². The largest absolute Gasteiger partial charge is 0.469 e. The van der Waals surface area contributed by atoms with Crippen LogP contribution in [-0.4, -0.2) is 25.7 Å². The zero-order chi connectivity index (χ0) is 14.7. The molecule has 1 atom stereocenters. The maximum Gasteiger partial charge on any atom is 0.333 e. The maximum atomic E-state index is 11.2. The monoisotopic (exact) mass is 270 g/mol. The second-order valence-electron chi connectivity index (χ2n) is 4.82. The highest BCUT2D eigenvalue weighted by molar-refractivity contribution is 5.86. The molecule has 0 aliphatic heterocycles. The fraction of sp³-hybridized carbons (Fsp3) is 0.733. The lowest BCUT2D eigenvalue weighted by molar-refractivity contribution is -0.142. The van der Waals surface area contributed by atoms with Crippen molar-refractivity contribution in [1.82, 2.24) is 0 Å². The van der Waals surface area contributed by atoms with Gasteiger partial charge in [0.1, 0.15) is 0 Å². The summed E-state index contributed by atoms with van der Waals surface area (Å²) in [6.45, 7) is 7.69. The molecule has 0 rings (SSSR count). The zero-order valence-corrected chi connectivity index (χ0v) is 12.4. The molecular weight excluding hydrogens is 244 g/mol. The number of hydrogen-bond donors (Lipinski definition) is 0. The van der Waals surface area contributed by atoms with Gasteiger partial charge in [0.2, 0.25) is 0 Å². The molecule has 0 aromatic carbocycles. The number of ether oxygens (including phenoxy) is 2. The molecule has 0 saturated carbocycles. The van der Waals surface area contributed by atoms with Crippen LogP contribution in [0.1, 0.15) is 52.4 Å². The Morgan fingerprint density at radius 1 is 1.21 bits per heavy atom. The summed E-state index contributed by atoms with van der Waals surface area (Å²) in [5.41, 5.74) is 0.434. The number of rotatable bonds is 10. The van der Waals surface area contributed by atoms with E-state index in [1.807, 2.05) is 0 Å². The molecule has 0 saturated heterocycles. The minimum atomic E-state index is -0.322. The van der Waals surface area contributed by atoms with E-state index in [1.54, 1.807) is 6.92 Å². The van der Waals surface area contributed by atoms with Gasteiger partial charge in [-0.3, -0.25) is 4.79 Å². The molecule has 0 N–H and O–H groups in total. The van der Waals surface area contributed by atoms with Gasteiger partial charge in [0.05, 0.1) is 13.7 Å². The van der Waals surface area contributed by atoms with Crippen LogP contribution in [0.2, 0.25) is 0 Å². The summed E-state index contributed by atoms with van der Waals surface area (Å²) in [5.74, 6) is -0.0650. The molecule has 0 bridgehead atoms. The molecule has 110 valence electrons. The van der Waals surface area contributed by atoms with E-state index in [1.165, 1.54) is 7.11 Å². The first kappa shape index (κ1) is 17.7. The lowest BCUT2D eigenvalue weighted by atomic mass is 9.95. The van der Waals surface area contributed by atoms with Gasteiger partial charge in [-0.1, -0.05) is 32.8 Å². The molecule has 0 aliphatic rings. The third-order valence-corrected chi connectivity index (χ3v) is 3.10. The summed E-state index contributed by atoms with van der Waals surface area (Å²) in [6, 6.07) is 0. The van der Waals surface area contributed by atoms with E-state index in [4.69, 9.17) is 4.74 Å². The number of carbonyl (C=O) groups excluding carboxylic acids is 2. The Bertz CT molecular complexity index is 297. The second kappa shape index (κ2) is 10.6. The van der Waals surface area contributed by atoms with Crippen molar-refractivity contribution in [2.75, 3.05) is 13.7 Å². The van der Waals surface area contributed by atoms with E-state index in [0.717, 1.165) is 32.1 Å². The topological polar surface area (TPSA) is 52.6 Å². The Balaban J connectivity index is 3.59. The first-order valence-corrected chi connectivity index (χ1v) is 6.90. The zero-order valence-electron chi connectivity index (χ0n) is 12.4. The van der Waals surface area contributed by atoms with Crippen LogP contribution in [0.25, 0.3) is 0 Å². The normalized spacial score (nSPS) is 11.7. The van der Waals surface area contributed by atoms with Crippen LogP contribution in [0.4, 0.5) is 0 Å². The molecular formula is C15H26O4. The summed E-state index contributed by atoms with van der Waals surface area (Å²) >= 11 is 0. The lowest BCUT2D eigenvalue weighted by Crippen LogP contribution is -2.09. The summed E-state index contributed by atoms with van der Waals surface area (Å²) in [7, 11) is 1.42. The Hall–Kier alpha value is -1.32. The molecule has 0 aliphatic carbocycles. The minimum Gasteiger partial charge on any atom is -0.469 e. The van der Waals surface area contributed by atoms with Crippen LogP contribution in [0, 0.1) is 5.92 Å². The first-order chi connectivity index (χ1) is 9.01. The van der Waals surface area contributed by atoms with Gasteiger partial charge in [0.15, 0.2) is 0 Å². The Labute approximate surface area is 116 Å². The van der Waals surface area contributed by atoms with Crippen LogP contribution in [0.5, 0.6) is 0 Å². The van der Waals surface area contributed by atoms with Crippen molar-refractivity contribution in [3.05, 3.63) is 12.2 Å². The summed E-state index contributed by atoms with van der Waals surface area (Å²) in [5, 5.41) is 0. The predicted octanol–water partition coefficient (Wildman–Crippen LogP) is 3.26. The molecule has 0 radical (unpaired) electrons. The number of hydrogen-bond acceptors (Lipinski definition) is 4. The number of carbonyl (C=O) groups is 2. The van der Waals surface area contributed by atoms with Crippen molar-refractivity contribution in [3.63, 3.8) is 0 Å². The van der Waals surface area contributed by atoms with Gasteiger partial charge in [-0.15, -0.1) is 0 Å². The Morgan fingerprint density at radius 3 is 2.42 bits per heavy atom. The van der Waals surface area contributed by atoms with E-state index >= 15 is 0 Å². The van der Waals surface area contributed by atoms with Crippen LogP contribution in [0.3, 0.4) is 0 Å². The molecule has 1 unspecified atom stereocenters. The summed E-state index contributed by atoms with van der Waals surface area (Å²) < 4.78 is 9.68. The molecule has 0 amide bonds. The molecule has 0 fully saturated rings. The van der Waals surface area contributed by atoms with Gasteiger partial charge < -0.3 is 9.47 Å². The lowest BCUT2D eigenvalue weighted by Gasteiger charge is -2.13. The quantitative estimate of drug-likeness (QED) is 0.347. The third kappa shape index (κ3) is 9.28. The van der Waals surface area contributed by atoms with Gasteiger partial charge in [0, 0.05) is 12.0 Å². The third-order valence-electron chi connectivity index (χ3n) is 3.10. The second-order valence-corrected chi connectivity index (χ2v) is 4.82. The van der Waals surface area contributed by atoms with Gasteiger partial charge in [-0.2, -0.15) is 0 Å². The van der Waals surface area contributed by atoms with Crippen molar-refractivity contribution < 1.29 is 19.1 Å². The molecule has 0 heterocycles. The highest BCUT2D eigenvalue weighted by Gasteiger charge is 2.11. The van der Waals surface area contributed by atoms with Crippen molar-refractivity contribution in [1.29, 1.82) is 0 Å². The maximum absolute atomic E-state index is 11.2. The van der Waals surface area contributed by atoms with Crippen LogP contribution < -0.4 is 0 Å². The predicted molar refractivity (Wildman–Crippen MR) is 74.7 cm³/mol. The highest BCUT2D eigenvalue weighted by Crippen LogP contribution is 2.17. The fourth-order valence-electron chi connectivity index (χ4n) is 1.77. The molecule has 0 spiro atoms. The average Bonchev–Trinajstić information content (AvgIpc) is 2.40. The van der Waals surface area contributed by atoms with Crippen molar-refractivity contribution in [3.8, 4) is 0 Å². The van der Waals surface area contributed by atoms with Crippen molar-refractivity contribution >= 4 is 11.9 Å². The number of unbranched alkanes of at least 4 members (excludes halogenated alkanes) is 2. The first-order valence-electron chi connectivity index (χ1n) is 6.90. The van der Waals surface area contributed by atoms with E-state index < -0.39 is 0 Å². The standard InChI is InChI=1S/C15H26O4/c1-5-13(11-14(16)18-4)9-7-6-8-10-19-15(17)12(2)3/h13H,2,5-11H2,1,3-4H3. The molecule has 0 aromatic rings. The smallest absolute Gasteiger partial charge is 0.333 e. The van der Waals surface area contributed by atoms with Gasteiger partial charge >= 0.3 is 11.9 Å². The average molecular weight is 270 g/mol. The molecule has 4 heteroatoms.